The Labute approximate surface area is 117 Å². The largest absolute Gasteiger partial charge is 0.398 e. The number of nitrogens with zero attached hydrogens (tertiary/aromatic N) is 2. The molecule has 1 aromatic heterocycles. The van der Waals surface area contributed by atoms with Crippen LogP contribution >= 0.6 is 0 Å². The van der Waals surface area contributed by atoms with Crippen LogP contribution in [0.2, 0.25) is 0 Å². The molecule has 0 saturated heterocycles. The van der Waals surface area contributed by atoms with Crippen molar-refractivity contribution in [2.75, 3.05) is 12.8 Å². The summed E-state index contributed by atoms with van der Waals surface area (Å²) < 4.78 is 1.32. The molecule has 0 fully saturated rings. The van der Waals surface area contributed by atoms with Gasteiger partial charge < -0.3 is 15.2 Å². The van der Waals surface area contributed by atoms with E-state index in [9.17, 15) is 9.59 Å². The van der Waals surface area contributed by atoms with E-state index < -0.39 is 0 Å². The van der Waals surface area contributed by atoms with Crippen LogP contribution in [0.4, 0.5) is 5.69 Å². The van der Waals surface area contributed by atoms with Gasteiger partial charge in [0.05, 0.1) is 0 Å². The number of benzene rings is 1. The van der Waals surface area contributed by atoms with Crippen LogP contribution in [0.5, 0.6) is 0 Å². The normalized spacial score (nSPS) is 10.2. The van der Waals surface area contributed by atoms with Gasteiger partial charge in [-0.15, -0.1) is 0 Å². The third-order valence-corrected chi connectivity index (χ3v) is 3.00. The maximum Gasteiger partial charge on any atom is 0.251 e. The quantitative estimate of drug-likeness (QED) is 0.905. The van der Waals surface area contributed by atoms with Gasteiger partial charge in [0.25, 0.3) is 5.56 Å². The smallest absolute Gasteiger partial charge is 0.251 e. The number of nitrogens with two attached hydrogens (primary N) is 1. The van der Waals surface area contributed by atoms with Crippen LogP contribution < -0.4 is 11.3 Å². The van der Waals surface area contributed by atoms with Gasteiger partial charge in [0.2, 0.25) is 5.91 Å². The Morgan fingerprint density at radius 3 is 2.60 bits per heavy atom. The van der Waals surface area contributed by atoms with E-state index in [1.807, 2.05) is 30.3 Å². The fourth-order valence-electron chi connectivity index (χ4n) is 1.89. The van der Waals surface area contributed by atoms with Gasteiger partial charge in [0.1, 0.15) is 6.54 Å². The predicted molar refractivity (Wildman–Crippen MR) is 78.0 cm³/mol. The second-order valence-corrected chi connectivity index (χ2v) is 4.66. The molecule has 0 aliphatic rings. The second-order valence-electron chi connectivity index (χ2n) is 4.66. The van der Waals surface area contributed by atoms with E-state index in [-0.39, 0.29) is 18.0 Å². The average molecular weight is 271 g/mol. The first-order valence-corrected chi connectivity index (χ1v) is 6.30. The summed E-state index contributed by atoms with van der Waals surface area (Å²) in [7, 11) is 1.71. The van der Waals surface area contributed by atoms with Gasteiger partial charge in [0.15, 0.2) is 0 Å². The zero-order chi connectivity index (χ0) is 14.5. The number of pyridine rings is 1. The summed E-state index contributed by atoms with van der Waals surface area (Å²) in [6.07, 6.45) is 1.48. The van der Waals surface area contributed by atoms with Gasteiger partial charge in [0, 0.05) is 31.5 Å². The summed E-state index contributed by atoms with van der Waals surface area (Å²) in [6.45, 7) is 0.504. The van der Waals surface area contributed by atoms with E-state index in [1.165, 1.54) is 22.9 Å². The van der Waals surface area contributed by atoms with Crippen molar-refractivity contribution in [2.24, 2.45) is 0 Å². The molecule has 20 heavy (non-hydrogen) atoms. The van der Waals surface area contributed by atoms with Crippen molar-refractivity contribution in [3.8, 4) is 0 Å². The molecular weight excluding hydrogens is 254 g/mol. The Morgan fingerprint density at radius 2 is 1.90 bits per heavy atom. The molecule has 1 aromatic carbocycles. The Hall–Kier alpha value is -2.56. The third kappa shape index (κ3) is 3.47. The zero-order valence-electron chi connectivity index (χ0n) is 11.3. The molecule has 104 valence electrons. The van der Waals surface area contributed by atoms with Gasteiger partial charge >= 0.3 is 0 Å². The van der Waals surface area contributed by atoms with Gasteiger partial charge in [-0.1, -0.05) is 30.3 Å². The number of amides is 1. The van der Waals surface area contributed by atoms with E-state index in [1.54, 1.807) is 11.9 Å². The molecule has 0 saturated carbocycles. The maximum atomic E-state index is 12.1. The first-order chi connectivity index (χ1) is 9.56. The van der Waals surface area contributed by atoms with Crippen molar-refractivity contribution in [3.63, 3.8) is 0 Å². The monoisotopic (exact) mass is 271 g/mol. The van der Waals surface area contributed by atoms with Crippen molar-refractivity contribution >= 4 is 11.6 Å². The maximum absolute atomic E-state index is 12.1. The lowest BCUT2D eigenvalue weighted by Gasteiger charge is -2.18. The third-order valence-electron chi connectivity index (χ3n) is 3.00. The van der Waals surface area contributed by atoms with E-state index in [4.69, 9.17) is 5.73 Å². The fourth-order valence-corrected chi connectivity index (χ4v) is 1.89. The minimum atomic E-state index is -0.235. The number of carbonyl (C=O) groups is 1. The number of hydrogen-bond donors (Lipinski definition) is 1. The number of carbonyl (C=O) groups excluding carboxylic acids is 1. The van der Waals surface area contributed by atoms with Crippen molar-refractivity contribution < 1.29 is 4.79 Å². The Balaban J connectivity index is 2.04. The van der Waals surface area contributed by atoms with Gasteiger partial charge in [-0.05, 0) is 11.6 Å². The zero-order valence-corrected chi connectivity index (χ0v) is 11.3. The number of nitrogen functional groups attached to an aromatic ring is 1. The molecular formula is C15H17N3O2. The molecule has 0 radical (unpaired) electrons. The van der Waals surface area contributed by atoms with Crippen molar-refractivity contribution in [1.82, 2.24) is 9.47 Å². The standard InChI is InChI=1S/C15H17N3O2/c1-17(9-12-5-3-2-4-6-12)15(20)11-18-10-13(16)7-8-14(18)19/h2-8,10H,9,11,16H2,1H3. The fraction of sp³-hybridized carbons (Fsp3) is 0.200. The van der Waals surface area contributed by atoms with Crippen molar-refractivity contribution in [3.05, 3.63) is 64.6 Å². The number of rotatable bonds is 4. The molecule has 0 aliphatic carbocycles. The van der Waals surface area contributed by atoms with E-state index >= 15 is 0 Å². The van der Waals surface area contributed by atoms with Crippen LogP contribution in [0.3, 0.4) is 0 Å². The summed E-state index contributed by atoms with van der Waals surface area (Å²) in [5, 5.41) is 0. The average Bonchev–Trinajstić information content (AvgIpc) is 2.44. The molecule has 1 amide bonds. The molecule has 0 bridgehead atoms. The van der Waals surface area contributed by atoms with Crippen molar-refractivity contribution in [2.45, 2.75) is 13.1 Å². The molecule has 1 heterocycles. The second kappa shape index (κ2) is 6.06. The summed E-state index contributed by atoms with van der Waals surface area (Å²) in [5.41, 5.74) is 6.89. The highest BCUT2D eigenvalue weighted by molar-refractivity contribution is 5.75. The lowest BCUT2D eigenvalue weighted by atomic mass is 10.2. The number of aromatic nitrogens is 1. The first kappa shape index (κ1) is 13.9. The van der Waals surface area contributed by atoms with E-state index in [0.29, 0.717) is 12.2 Å². The topological polar surface area (TPSA) is 68.3 Å². The van der Waals surface area contributed by atoms with Crippen LogP contribution in [0.15, 0.2) is 53.5 Å². The lowest BCUT2D eigenvalue weighted by molar-refractivity contribution is -0.131. The molecule has 2 aromatic rings. The molecule has 0 spiro atoms. The Kier molecular flexibility index (Phi) is 4.20. The number of hydrogen-bond acceptors (Lipinski definition) is 3. The summed E-state index contributed by atoms with van der Waals surface area (Å²) in [4.78, 5) is 25.3. The minimum Gasteiger partial charge on any atom is -0.398 e. The highest BCUT2D eigenvalue weighted by Gasteiger charge is 2.10. The molecule has 2 rings (SSSR count). The lowest BCUT2D eigenvalue weighted by Crippen LogP contribution is -2.33. The summed E-state index contributed by atoms with van der Waals surface area (Å²) in [6, 6.07) is 12.6. The predicted octanol–water partition coefficient (Wildman–Crippen LogP) is 1.09. The number of anilines is 1. The molecule has 0 aliphatic heterocycles. The van der Waals surface area contributed by atoms with Crippen LogP contribution in [-0.2, 0) is 17.9 Å². The molecule has 2 N–H and O–H groups in total. The molecule has 5 heteroatoms. The summed E-state index contributed by atoms with van der Waals surface area (Å²) in [5.74, 6) is -0.137. The van der Waals surface area contributed by atoms with E-state index in [2.05, 4.69) is 0 Å². The van der Waals surface area contributed by atoms with Crippen LogP contribution in [0.1, 0.15) is 5.56 Å². The Morgan fingerprint density at radius 1 is 1.20 bits per heavy atom. The van der Waals surface area contributed by atoms with Gasteiger partial charge in [-0.25, -0.2) is 0 Å². The first-order valence-electron chi connectivity index (χ1n) is 6.30. The highest BCUT2D eigenvalue weighted by Crippen LogP contribution is 2.04. The van der Waals surface area contributed by atoms with Gasteiger partial charge in [-0.3, -0.25) is 9.59 Å². The van der Waals surface area contributed by atoms with E-state index in [0.717, 1.165) is 5.56 Å². The van der Waals surface area contributed by atoms with Crippen molar-refractivity contribution in [1.29, 1.82) is 0 Å². The van der Waals surface area contributed by atoms with Gasteiger partial charge in [-0.2, -0.15) is 0 Å². The SMILES string of the molecule is CN(Cc1ccccc1)C(=O)Cn1cc(N)ccc1=O. The number of likely N-dealkylation sites (N-methyl/N-ethyl adjacent to an activating group) is 1. The summed E-state index contributed by atoms with van der Waals surface area (Å²) >= 11 is 0. The molecule has 0 atom stereocenters. The molecule has 5 nitrogen and oxygen atoms in total. The van der Waals surface area contributed by atoms with Crippen LogP contribution in [0, 0.1) is 0 Å². The van der Waals surface area contributed by atoms with Crippen LogP contribution in [-0.4, -0.2) is 22.4 Å². The minimum absolute atomic E-state index is 0.00674. The highest BCUT2D eigenvalue weighted by atomic mass is 16.2. The molecule has 0 unspecified atom stereocenters. The Bertz CT molecular complexity index is 650. The van der Waals surface area contributed by atoms with Crippen LogP contribution in [0.25, 0.3) is 0 Å².